The number of hydrogen-bond donors (Lipinski definition) is 1. The number of hydrogen-bond acceptors (Lipinski definition) is 4. The number of carbonyl (C=O) groups excluding carboxylic acids is 1. The van der Waals surface area contributed by atoms with Gasteiger partial charge in [-0.25, -0.2) is 8.42 Å². The van der Waals surface area contributed by atoms with Crippen LogP contribution in [0.15, 0.2) is 70.6 Å². The summed E-state index contributed by atoms with van der Waals surface area (Å²) in [6, 6.07) is 16.3. The monoisotopic (exact) mass is 499 g/mol. The van der Waals surface area contributed by atoms with Crippen LogP contribution in [-0.4, -0.2) is 18.9 Å². The number of nitrogens with zero attached hydrogens (tertiary/aromatic N) is 2. The van der Waals surface area contributed by atoms with Crippen LogP contribution < -0.4 is 9.52 Å². The van der Waals surface area contributed by atoms with Gasteiger partial charge in [0.25, 0.3) is 15.9 Å². The predicted octanol–water partition coefficient (Wildman–Crippen LogP) is 5.53. The summed E-state index contributed by atoms with van der Waals surface area (Å²) in [7, 11) is -3.76. The van der Waals surface area contributed by atoms with E-state index in [9.17, 15) is 13.2 Å². The fraction of sp³-hybridized carbons (Fsp3) is 0.167. The standard InChI is InChI=1S/C24H22ClN3O3S2/c1-4-28-21-14-15(2)13-16(3)22(21)32-24(28)26-23(29)17-5-9-19(10-6-17)27-33(30,31)20-11-7-18(25)8-12-20/h5-14,27H,4H2,1-3H3. The third-order valence-corrected chi connectivity index (χ3v) is 8.01. The van der Waals surface area contributed by atoms with Crippen LogP contribution in [0.3, 0.4) is 0 Å². The van der Waals surface area contributed by atoms with Gasteiger partial charge in [0.15, 0.2) is 4.80 Å². The molecule has 9 heteroatoms. The Morgan fingerprint density at radius 2 is 1.73 bits per heavy atom. The van der Waals surface area contributed by atoms with E-state index in [0.29, 0.717) is 27.6 Å². The van der Waals surface area contributed by atoms with E-state index in [4.69, 9.17) is 11.6 Å². The highest BCUT2D eigenvalue weighted by Crippen LogP contribution is 2.24. The number of aromatic nitrogens is 1. The second-order valence-corrected chi connectivity index (χ2v) is 10.7. The first-order chi connectivity index (χ1) is 15.7. The smallest absolute Gasteiger partial charge is 0.279 e. The van der Waals surface area contributed by atoms with Crippen molar-refractivity contribution < 1.29 is 13.2 Å². The number of aryl methyl sites for hydroxylation is 3. The highest BCUT2D eigenvalue weighted by atomic mass is 35.5. The lowest BCUT2D eigenvalue weighted by molar-refractivity contribution is 0.0998. The second-order valence-electron chi connectivity index (χ2n) is 7.61. The molecule has 4 rings (SSSR count). The molecule has 6 nitrogen and oxygen atoms in total. The molecule has 1 N–H and O–H groups in total. The van der Waals surface area contributed by atoms with Crippen LogP contribution >= 0.6 is 22.9 Å². The van der Waals surface area contributed by atoms with E-state index in [-0.39, 0.29) is 10.8 Å². The van der Waals surface area contributed by atoms with Gasteiger partial charge in [-0.3, -0.25) is 9.52 Å². The molecule has 33 heavy (non-hydrogen) atoms. The van der Waals surface area contributed by atoms with Gasteiger partial charge in [-0.2, -0.15) is 4.99 Å². The molecule has 0 fully saturated rings. The predicted molar refractivity (Wildman–Crippen MR) is 134 cm³/mol. The van der Waals surface area contributed by atoms with Crippen LogP contribution in [0.1, 0.15) is 28.4 Å². The molecule has 0 saturated carbocycles. The number of sulfonamides is 1. The number of thiazole rings is 1. The van der Waals surface area contributed by atoms with Gasteiger partial charge in [0.1, 0.15) is 0 Å². The first kappa shape index (κ1) is 23.2. The van der Waals surface area contributed by atoms with E-state index in [1.54, 1.807) is 24.3 Å². The number of rotatable bonds is 5. The summed E-state index contributed by atoms with van der Waals surface area (Å²) in [6.45, 7) is 6.82. The van der Waals surface area contributed by atoms with Crippen LogP contribution in [0.2, 0.25) is 5.02 Å². The third kappa shape index (κ3) is 4.88. The minimum Gasteiger partial charge on any atom is -0.317 e. The van der Waals surface area contributed by atoms with E-state index in [2.05, 4.69) is 35.7 Å². The zero-order chi connectivity index (χ0) is 23.8. The van der Waals surface area contributed by atoms with Crippen LogP contribution in [0.4, 0.5) is 5.69 Å². The van der Waals surface area contributed by atoms with Crippen LogP contribution in [0, 0.1) is 13.8 Å². The lowest BCUT2D eigenvalue weighted by Gasteiger charge is -2.08. The maximum absolute atomic E-state index is 12.8. The summed E-state index contributed by atoms with van der Waals surface area (Å²) in [4.78, 5) is 17.9. The largest absolute Gasteiger partial charge is 0.317 e. The first-order valence-electron chi connectivity index (χ1n) is 10.3. The van der Waals surface area contributed by atoms with Crippen molar-refractivity contribution in [1.29, 1.82) is 0 Å². The summed E-state index contributed by atoms with van der Waals surface area (Å²) >= 11 is 7.32. The highest BCUT2D eigenvalue weighted by Gasteiger charge is 2.15. The topological polar surface area (TPSA) is 80.5 Å². The van der Waals surface area contributed by atoms with Crippen molar-refractivity contribution in [2.75, 3.05) is 4.72 Å². The zero-order valence-electron chi connectivity index (χ0n) is 18.3. The second kappa shape index (κ2) is 9.13. The van der Waals surface area contributed by atoms with Gasteiger partial charge in [-0.15, -0.1) is 0 Å². The van der Waals surface area contributed by atoms with Crippen molar-refractivity contribution >= 4 is 54.8 Å². The van der Waals surface area contributed by atoms with Gasteiger partial charge in [-0.1, -0.05) is 29.0 Å². The molecule has 1 heterocycles. The maximum Gasteiger partial charge on any atom is 0.279 e. The van der Waals surface area contributed by atoms with Crippen molar-refractivity contribution in [3.8, 4) is 0 Å². The Hall–Kier alpha value is -2.94. The van der Waals surface area contributed by atoms with Gasteiger partial charge in [0, 0.05) is 22.8 Å². The number of anilines is 1. The number of fused-ring (bicyclic) bond motifs is 1. The molecule has 0 aliphatic carbocycles. The van der Waals surface area contributed by atoms with Crippen molar-refractivity contribution in [3.63, 3.8) is 0 Å². The molecular weight excluding hydrogens is 478 g/mol. The molecule has 3 aromatic carbocycles. The van der Waals surface area contributed by atoms with Crippen molar-refractivity contribution in [2.45, 2.75) is 32.2 Å². The number of benzene rings is 3. The van der Waals surface area contributed by atoms with Crippen molar-refractivity contribution in [3.05, 3.63) is 87.2 Å². The molecule has 0 saturated heterocycles. The highest BCUT2D eigenvalue weighted by molar-refractivity contribution is 7.92. The maximum atomic E-state index is 12.8. The number of halogens is 1. The van der Waals surface area contributed by atoms with Gasteiger partial charge in [0.05, 0.1) is 15.1 Å². The van der Waals surface area contributed by atoms with Gasteiger partial charge in [-0.05, 0) is 86.5 Å². The fourth-order valence-corrected chi connectivity index (χ4v) is 5.89. The summed E-state index contributed by atoms with van der Waals surface area (Å²) in [5, 5.41) is 0.453. The van der Waals surface area contributed by atoms with E-state index >= 15 is 0 Å². The summed E-state index contributed by atoms with van der Waals surface area (Å²) in [5.41, 5.74) is 4.10. The Morgan fingerprint density at radius 1 is 1.06 bits per heavy atom. The molecule has 4 aromatic rings. The molecule has 0 atom stereocenters. The molecule has 0 radical (unpaired) electrons. The lowest BCUT2D eigenvalue weighted by atomic mass is 10.1. The molecule has 1 aromatic heterocycles. The first-order valence-corrected chi connectivity index (χ1v) is 12.9. The Balaban J connectivity index is 1.61. The minimum absolute atomic E-state index is 0.0986. The molecule has 0 aliphatic rings. The van der Waals surface area contributed by atoms with Gasteiger partial charge >= 0.3 is 0 Å². The van der Waals surface area contributed by atoms with E-state index < -0.39 is 10.0 Å². The summed E-state index contributed by atoms with van der Waals surface area (Å²) in [5.74, 6) is -0.384. The van der Waals surface area contributed by atoms with Gasteiger partial charge < -0.3 is 4.57 Å². The number of carbonyl (C=O) groups is 1. The van der Waals surface area contributed by atoms with Crippen LogP contribution in [0.25, 0.3) is 10.2 Å². The summed E-state index contributed by atoms with van der Waals surface area (Å²) < 4.78 is 30.7. The molecule has 0 aliphatic heterocycles. The van der Waals surface area contributed by atoms with E-state index in [0.717, 1.165) is 21.3 Å². The van der Waals surface area contributed by atoms with Crippen LogP contribution in [0.5, 0.6) is 0 Å². The Labute approximate surface area is 201 Å². The van der Waals surface area contributed by atoms with E-state index in [1.807, 2.05) is 11.5 Å². The Kier molecular flexibility index (Phi) is 6.43. The molecule has 0 bridgehead atoms. The quantitative estimate of drug-likeness (QED) is 0.391. The molecule has 1 amide bonds. The Bertz CT molecular complexity index is 1520. The fourth-order valence-electron chi connectivity index (χ4n) is 3.56. The molecule has 0 spiro atoms. The minimum atomic E-state index is -3.76. The summed E-state index contributed by atoms with van der Waals surface area (Å²) in [6.07, 6.45) is 0. The number of nitrogens with one attached hydrogen (secondary N) is 1. The average Bonchev–Trinajstić information content (AvgIpc) is 3.11. The van der Waals surface area contributed by atoms with Gasteiger partial charge in [0.2, 0.25) is 0 Å². The van der Waals surface area contributed by atoms with Crippen molar-refractivity contribution in [1.82, 2.24) is 4.57 Å². The number of amides is 1. The SMILES string of the molecule is CCn1c(=NC(=O)c2ccc(NS(=O)(=O)c3ccc(Cl)cc3)cc2)sc2c(C)cc(C)cc21. The van der Waals surface area contributed by atoms with Crippen molar-refractivity contribution in [2.24, 2.45) is 4.99 Å². The van der Waals surface area contributed by atoms with Crippen LogP contribution in [-0.2, 0) is 16.6 Å². The average molecular weight is 500 g/mol. The van der Waals surface area contributed by atoms with E-state index in [1.165, 1.54) is 35.6 Å². The zero-order valence-corrected chi connectivity index (χ0v) is 20.7. The molecule has 0 unspecified atom stereocenters. The lowest BCUT2D eigenvalue weighted by Crippen LogP contribution is -2.16. The molecule has 170 valence electrons. The normalized spacial score (nSPS) is 12.3. The Morgan fingerprint density at radius 3 is 2.36 bits per heavy atom. The molecular formula is C24H22ClN3O3S2. The third-order valence-electron chi connectivity index (χ3n) is 5.14.